The smallest absolute Gasteiger partial charge is 0.252 e. The molecule has 68 valence electrons. The van der Waals surface area contributed by atoms with Gasteiger partial charge < -0.3 is 5.32 Å². The maximum atomic E-state index is 8.55. The zero-order chi connectivity index (χ0) is 9.10. The molecule has 2 heterocycles. The van der Waals surface area contributed by atoms with E-state index in [0.717, 1.165) is 25.9 Å². The van der Waals surface area contributed by atoms with Gasteiger partial charge >= 0.3 is 0 Å². The van der Waals surface area contributed by atoms with Gasteiger partial charge in [0.05, 0.1) is 6.04 Å². The lowest BCUT2D eigenvalue weighted by Crippen LogP contribution is -2.31. The molecule has 1 aromatic heterocycles. The Labute approximate surface area is 76.4 Å². The Morgan fingerprint density at radius 2 is 2.62 bits per heavy atom. The van der Waals surface area contributed by atoms with Gasteiger partial charge in [0.25, 0.3) is 5.82 Å². The Kier molecular flexibility index (Phi) is 2.23. The normalized spacial score (nSPS) is 22.5. The topological polar surface area (TPSA) is 66.5 Å². The summed E-state index contributed by atoms with van der Waals surface area (Å²) in [5.74, 6) is 0.255. The third-order valence-electron chi connectivity index (χ3n) is 2.25. The minimum absolute atomic E-state index is 0.255. The van der Waals surface area contributed by atoms with Crippen molar-refractivity contribution in [3.05, 3.63) is 12.2 Å². The number of piperidine rings is 1. The third-order valence-corrected chi connectivity index (χ3v) is 2.25. The summed E-state index contributed by atoms with van der Waals surface area (Å²) >= 11 is 0. The van der Waals surface area contributed by atoms with Crippen molar-refractivity contribution >= 4 is 0 Å². The molecule has 1 atom stereocenters. The molecule has 0 spiro atoms. The van der Waals surface area contributed by atoms with Crippen molar-refractivity contribution in [1.29, 1.82) is 5.26 Å². The first kappa shape index (κ1) is 8.20. The SMILES string of the molecule is N#Cc1ncn(C2CCCNC2)n1. The van der Waals surface area contributed by atoms with Crippen molar-refractivity contribution in [1.82, 2.24) is 20.1 Å². The predicted octanol–water partition coefficient (Wildman–Crippen LogP) is 0.0743. The van der Waals surface area contributed by atoms with Crippen LogP contribution >= 0.6 is 0 Å². The molecule has 5 nitrogen and oxygen atoms in total. The van der Waals surface area contributed by atoms with E-state index in [0.29, 0.717) is 6.04 Å². The van der Waals surface area contributed by atoms with Crippen molar-refractivity contribution in [3.8, 4) is 6.07 Å². The Bertz CT molecular complexity index is 318. The Morgan fingerprint density at radius 1 is 1.69 bits per heavy atom. The maximum Gasteiger partial charge on any atom is 0.252 e. The fourth-order valence-electron chi connectivity index (χ4n) is 1.56. The molecular weight excluding hydrogens is 166 g/mol. The van der Waals surface area contributed by atoms with Gasteiger partial charge in [-0.15, -0.1) is 5.10 Å². The van der Waals surface area contributed by atoms with Crippen molar-refractivity contribution in [2.45, 2.75) is 18.9 Å². The third kappa shape index (κ3) is 1.68. The molecular formula is C8H11N5. The molecule has 1 aromatic rings. The summed E-state index contributed by atoms with van der Waals surface area (Å²) in [4.78, 5) is 3.87. The molecule has 0 aromatic carbocycles. The highest BCUT2D eigenvalue weighted by Crippen LogP contribution is 2.14. The number of hydrogen-bond acceptors (Lipinski definition) is 4. The van der Waals surface area contributed by atoms with Gasteiger partial charge in [-0.1, -0.05) is 0 Å². The molecule has 0 aliphatic carbocycles. The van der Waals surface area contributed by atoms with Gasteiger partial charge in [-0.3, -0.25) is 0 Å². The zero-order valence-electron chi connectivity index (χ0n) is 7.27. The highest BCUT2D eigenvalue weighted by molar-refractivity contribution is 5.05. The fraction of sp³-hybridized carbons (Fsp3) is 0.625. The first-order valence-corrected chi connectivity index (χ1v) is 4.42. The summed E-state index contributed by atoms with van der Waals surface area (Å²) in [6.45, 7) is 2.00. The van der Waals surface area contributed by atoms with Gasteiger partial charge in [-0.25, -0.2) is 9.67 Å². The highest BCUT2D eigenvalue weighted by Gasteiger charge is 2.15. The van der Waals surface area contributed by atoms with Crippen LogP contribution in [0.2, 0.25) is 0 Å². The summed E-state index contributed by atoms with van der Waals surface area (Å²) in [7, 11) is 0. The molecule has 1 unspecified atom stereocenters. The summed E-state index contributed by atoms with van der Waals surface area (Å²) < 4.78 is 1.78. The summed E-state index contributed by atoms with van der Waals surface area (Å²) in [5.41, 5.74) is 0. The average molecular weight is 177 g/mol. The van der Waals surface area contributed by atoms with E-state index < -0.39 is 0 Å². The predicted molar refractivity (Wildman–Crippen MR) is 45.9 cm³/mol. The summed E-state index contributed by atoms with van der Waals surface area (Å²) in [6.07, 6.45) is 3.91. The largest absolute Gasteiger partial charge is 0.315 e. The number of nitrogens with zero attached hydrogens (tertiary/aromatic N) is 4. The zero-order valence-corrected chi connectivity index (χ0v) is 7.27. The quantitative estimate of drug-likeness (QED) is 0.659. The first-order chi connectivity index (χ1) is 6.40. The second kappa shape index (κ2) is 3.54. The first-order valence-electron chi connectivity index (χ1n) is 4.42. The van der Waals surface area contributed by atoms with Crippen LogP contribution in [-0.4, -0.2) is 27.9 Å². The number of nitrogens with one attached hydrogen (secondary N) is 1. The molecule has 0 saturated carbocycles. The van der Waals surface area contributed by atoms with E-state index in [1.54, 1.807) is 11.0 Å². The van der Waals surface area contributed by atoms with E-state index in [1.807, 2.05) is 6.07 Å². The van der Waals surface area contributed by atoms with Crippen LogP contribution in [0.25, 0.3) is 0 Å². The van der Waals surface area contributed by atoms with Crippen molar-refractivity contribution in [3.63, 3.8) is 0 Å². The second-order valence-corrected chi connectivity index (χ2v) is 3.16. The number of aromatic nitrogens is 3. The van der Waals surface area contributed by atoms with Crippen molar-refractivity contribution < 1.29 is 0 Å². The fourth-order valence-corrected chi connectivity index (χ4v) is 1.56. The Morgan fingerprint density at radius 3 is 3.23 bits per heavy atom. The van der Waals surface area contributed by atoms with Crippen LogP contribution < -0.4 is 5.32 Å². The number of rotatable bonds is 1. The van der Waals surface area contributed by atoms with E-state index in [2.05, 4.69) is 15.4 Å². The molecule has 0 bridgehead atoms. The van der Waals surface area contributed by atoms with Crippen molar-refractivity contribution in [2.75, 3.05) is 13.1 Å². The van der Waals surface area contributed by atoms with Gasteiger partial charge in [0.15, 0.2) is 0 Å². The van der Waals surface area contributed by atoms with Crippen LogP contribution in [0, 0.1) is 11.3 Å². The second-order valence-electron chi connectivity index (χ2n) is 3.16. The van der Waals surface area contributed by atoms with E-state index in [4.69, 9.17) is 5.26 Å². The molecule has 1 saturated heterocycles. The van der Waals surface area contributed by atoms with Crippen LogP contribution in [0.15, 0.2) is 6.33 Å². The maximum absolute atomic E-state index is 8.55. The van der Waals surface area contributed by atoms with Crippen LogP contribution in [0.5, 0.6) is 0 Å². The minimum Gasteiger partial charge on any atom is -0.315 e. The molecule has 1 N–H and O–H groups in total. The van der Waals surface area contributed by atoms with Gasteiger partial charge in [-0.2, -0.15) is 5.26 Å². The molecule has 1 aliphatic heterocycles. The van der Waals surface area contributed by atoms with E-state index in [9.17, 15) is 0 Å². The highest BCUT2D eigenvalue weighted by atomic mass is 15.4. The van der Waals surface area contributed by atoms with Gasteiger partial charge in [0.2, 0.25) is 0 Å². The minimum atomic E-state index is 0.255. The van der Waals surface area contributed by atoms with E-state index >= 15 is 0 Å². The molecule has 13 heavy (non-hydrogen) atoms. The van der Waals surface area contributed by atoms with Crippen LogP contribution in [0.3, 0.4) is 0 Å². The van der Waals surface area contributed by atoms with Crippen molar-refractivity contribution in [2.24, 2.45) is 0 Å². The number of nitriles is 1. The average Bonchev–Trinajstić information content (AvgIpc) is 2.67. The molecule has 1 aliphatic rings. The van der Waals surface area contributed by atoms with Crippen LogP contribution in [-0.2, 0) is 0 Å². The lowest BCUT2D eigenvalue weighted by Gasteiger charge is -2.22. The van der Waals surface area contributed by atoms with Crippen LogP contribution in [0.1, 0.15) is 24.7 Å². The number of hydrogen-bond donors (Lipinski definition) is 1. The monoisotopic (exact) mass is 177 g/mol. The van der Waals surface area contributed by atoms with Gasteiger partial charge in [-0.05, 0) is 19.4 Å². The van der Waals surface area contributed by atoms with Crippen LogP contribution in [0.4, 0.5) is 0 Å². The standard InChI is InChI=1S/C8H11N5/c9-4-8-11-6-13(12-8)7-2-1-3-10-5-7/h6-7,10H,1-3,5H2. The van der Waals surface area contributed by atoms with E-state index in [-0.39, 0.29) is 5.82 Å². The van der Waals surface area contributed by atoms with E-state index in [1.165, 1.54) is 0 Å². The van der Waals surface area contributed by atoms with Gasteiger partial charge in [0, 0.05) is 6.54 Å². The molecule has 0 radical (unpaired) electrons. The molecule has 1 fully saturated rings. The lowest BCUT2D eigenvalue weighted by molar-refractivity contribution is 0.346. The molecule has 0 amide bonds. The van der Waals surface area contributed by atoms with Gasteiger partial charge in [0.1, 0.15) is 12.4 Å². The molecule has 5 heteroatoms. The Hall–Kier alpha value is -1.41. The summed E-state index contributed by atoms with van der Waals surface area (Å²) in [6, 6.07) is 2.29. The Balaban J connectivity index is 2.11. The summed E-state index contributed by atoms with van der Waals surface area (Å²) in [5, 5.41) is 15.9. The molecule has 2 rings (SSSR count). The lowest BCUT2D eigenvalue weighted by atomic mass is 10.1.